The van der Waals surface area contributed by atoms with Crippen LogP contribution in [0.2, 0.25) is 0 Å². The summed E-state index contributed by atoms with van der Waals surface area (Å²) in [6.07, 6.45) is -2.50. The molecule has 0 saturated carbocycles. The molecule has 0 heterocycles. The normalized spacial score (nSPS) is 11.4. The number of nitro groups is 2. The van der Waals surface area contributed by atoms with E-state index >= 15 is 0 Å². The molecule has 1 aromatic carbocycles. The van der Waals surface area contributed by atoms with Crippen LogP contribution in [0.15, 0.2) is 12.1 Å². The third-order valence-corrected chi connectivity index (χ3v) is 2.86. The Morgan fingerprint density at radius 3 is 1.86 bits per heavy atom. The zero-order valence-corrected chi connectivity index (χ0v) is 16.6. The molecule has 1 N–H and O–H groups in total. The predicted molar refractivity (Wildman–Crippen MR) is 97.8 cm³/mol. The number of rotatable bonds is 3. The van der Waals surface area contributed by atoms with E-state index in [1.165, 1.54) is 41.5 Å². The topological polar surface area (TPSA) is 154 Å². The van der Waals surface area contributed by atoms with Crippen molar-refractivity contribution in [3.8, 4) is 0 Å². The van der Waals surface area contributed by atoms with Crippen molar-refractivity contribution in [2.75, 3.05) is 5.01 Å². The summed E-state index contributed by atoms with van der Waals surface area (Å²) in [5.74, 6) is -1.46. The number of hydrogen-bond acceptors (Lipinski definition) is 8. The fourth-order valence-corrected chi connectivity index (χ4v) is 1.91. The summed E-state index contributed by atoms with van der Waals surface area (Å²) in [7, 11) is 0. The van der Waals surface area contributed by atoms with E-state index in [1.807, 2.05) is 5.43 Å². The van der Waals surface area contributed by atoms with Gasteiger partial charge in [-0.15, -0.1) is 0 Å². The predicted octanol–water partition coefficient (Wildman–Crippen LogP) is 3.82. The quantitative estimate of drug-likeness (QED) is 0.576. The average molecular weight is 416 g/mol. The molecule has 2 amide bonds. The largest absolute Gasteiger partial charge is 0.443 e. The van der Waals surface area contributed by atoms with Gasteiger partial charge in [0.1, 0.15) is 11.2 Å². The summed E-state index contributed by atoms with van der Waals surface area (Å²) >= 11 is 0. The molecule has 13 heteroatoms. The van der Waals surface area contributed by atoms with E-state index in [0.29, 0.717) is 12.1 Å². The highest BCUT2D eigenvalue weighted by atomic mass is 19.1. The molecular formula is C16H21FN4O8. The number of hydrogen-bond donors (Lipinski definition) is 1. The Bertz CT molecular complexity index is 845. The van der Waals surface area contributed by atoms with Crippen molar-refractivity contribution in [2.24, 2.45) is 0 Å². The maximum atomic E-state index is 14.1. The van der Waals surface area contributed by atoms with Gasteiger partial charge >= 0.3 is 23.6 Å². The van der Waals surface area contributed by atoms with Crippen LogP contribution in [-0.4, -0.2) is 33.2 Å². The number of halogens is 1. The maximum absolute atomic E-state index is 14.1. The highest BCUT2D eigenvalue weighted by Crippen LogP contribution is 2.34. The Kier molecular flexibility index (Phi) is 6.69. The highest BCUT2D eigenvalue weighted by Gasteiger charge is 2.35. The van der Waals surface area contributed by atoms with Crippen LogP contribution in [0.25, 0.3) is 0 Å². The lowest BCUT2D eigenvalue weighted by Crippen LogP contribution is -2.50. The van der Waals surface area contributed by atoms with Gasteiger partial charge in [0.2, 0.25) is 5.82 Å². The van der Waals surface area contributed by atoms with Gasteiger partial charge in [-0.2, -0.15) is 9.40 Å². The summed E-state index contributed by atoms with van der Waals surface area (Å²) < 4.78 is 24.2. The number of anilines is 1. The minimum atomic E-state index is -1.46. The fraction of sp³-hybridized carbons (Fsp3) is 0.500. The van der Waals surface area contributed by atoms with Crippen LogP contribution < -0.4 is 10.4 Å². The van der Waals surface area contributed by atoms with Gasteiger partial charge in [-0.25, -0.2) is 15.0 Å². The first kappa shape index (κ1) is 23.5. The van der Waals surface area contributed by atoms with E-state index in [0.717, 1.165) is 0 Å². The Morgan fingerprint density at radius 2 is 1.45 bits per heavy atom. The molecule has 29 heavy (non-hydrogen) atoms. The second-order valence-corrected chi connectivity index (χ2v) is 7.74. The fourth-order valence-electron chi connectivity index (χ4n) is 1.91. The van der Waals surface area contributed by atoms with Gasteiger partial charge < -0.3 is 9.47 Å². The first-order valence-electron chi connectivity index (χ1n) is 8.17. The van der Waals surface area contributed by atoms with Crippen LogP contribution in [0, 0.1) is 26.0 Å². The van der Waals surface area contributed by atoms with E-state index in [9.17, 15) is 34.2 Å². The van der Waals surface area contributed by atoms with Crippen LogP contribution in [0.1, 0.15) is 41.5 Å². The van der Waals surface area contributed by atoms with Crippen LogP contribution in [0.3, 0.4) is 0 Å². The van der Waals surface area contributed by atoms with E-state index in [-0.39, 0.29) is 5.01 Å². The standard InChI is InChI=1S/C16H21FN4O8/c1-15(2,3)28-13(22)18-19(14(23)29-16(4,5)6)11-7-9(17)10(20(24)25)8-12(11)21(26)27/h7-8H,1-6H3,(H,18,22). The summed E-state index contributed by atoms with van der Waals surface area (Å²) in [5, 5.41) is 22.5. The molecule has 0 aromatic heterocycles. The summed E-state index contributed by atoms with van der Waals surface area (Å²) in [4.78, 5) is 44.6. The van der Waals surface area contributed by atoms with Gasteiger partial charge in [0.05, 0.1) is 15.9 Å². The summed E-state index contributed by atoms with van der Waals surface area (Å²) in [6, 6.07) is 0.705. The summed E-state index contributed by atoms with van der Waals surface area (Å²) in [5.41, 5.74) is -3.12. The van der Waals surface area contributed by atoms with Gasteiger partial charge in [0.25, 0.3) is 0 Å². The lowest BCUT2D eigenvalue weighted by molar-refractivity contribution is -0.395. The van der Waals surface area contributed by atoms with Crippen LogP contribution in [-0.2, 0) is 9.47 Å². The number of nitrogens with zero attached hydrogens (tertiary/aromatic N) is 3. The molecular weight excluding hydrogens is 395 g/mol. The molecule has 0 bridgehead atoms. The monoisotopic (exact) mass is 416 g/mol. The average Bonchev–Trinajstić information content (AvgIpc) is 2.48. The molecule has 0 aliphatic carbocycles. The second-order valence-electron chi connectivity index (χ2n) is 7.74. The maximum Gasteiger partial charge on any atom is 0.434 e. The molecule has 0 unspecified atom stereocenters. The molecule has 0 saturated heterocycles. The number of nitrogens with one attached hydrogen (secondary N) is 1. The molecule has 0 spiro atoms. The Morgan fingerprint density at radius 1 is 0.966 bits per heavy atom. The van der Waals surface area contributed by atoms with Crippen molar-refractivity contribution in [3.63, 3.8) is 0 Å². The van der Waals surface area contributed by atoms with Gasteiger partial charge in [-0.1, -0.05) is 0 Å². The Labute approximate surface area is 164 Å². The third kappa shape index (κ3) is 6.86. The van der Waals surface area contributed by atoms with Gasteiger partial charge in [0, 0.05) is 6.07 Å². The minimum Gasteiger partial charge on any atom is -0.443 e. The minimum absolute atomic E-state index is 0.254. The number of ether oxygens (including phenoxy) is 2. The Balaban J connectivity index is 3.54. The lowest BCUT2D eigenvalue weighted by atomic mass is 10.2. The number of amides is 2. The van der Waals surface area contributed by atoms with Crippen molar-refractivity contribution in [1.82, 2.24) is 5.43 Å². The highest BCUT2D eigenvalue weighted by molar-refractivity contribution is 5.93. The number of carbonyl (C=O) groups excluding carboxylic acids is 2. The first-order valence-corrected chi connectivity index (χ1v) is 8.17. The molecule has 1 aromatic rings. The SMILES string of the molecule is CC(C)(C)OC(=O)NN(C(=O)OC(C)(C)C)c1cc(F)c([N+](=O)[O-])cc1[N+](=O)[O-]. The van der Waals surface area contributed by atoms with Gasteiger partial charge in [-0.3, -0.25) is 20.2 Å². The smallest absolute Gasteiger partial charge is 0.434 e. The zero-order chi connectivity index (χ0) is 22.7. The van der Waals surface area contributed by atoms with Crippen molar-refractivity contribution in [3.05, 3.63) is 38.2 Å². The molecule has 160 valence electrons. The van der Waals surface area contributed by atoms with Crippen molar-refractivity contribution in [1.29, 1.82) is 0 Å². The second kappa shape index (κ2) is 8.24. The van der Waals surface area contributed by atoms with E-state index in [4.69, 9.17) is 9.47 Å². The number of benzene rings is 1. The third-order valence-electron chi connectivity index (χ3n) is 2.86. The molecule has 0 aliphatic rings. The van der Waals surface area contributed by atoms with Crippen molar-refractivity contribution < 1.29 is 33.3 Å². The van der Waals surface area contributed by atoms with Crippen LogP contribution in [0.4, 0.5) is 31.0 Å². The number of nitro benzene ring substituents is 2. The van der Waals surface area contributed by atoms with E-state index in [2.05, 4.69) is 0 Å². The van der Waals surface area contributed by atoms with Crippen LogP contribution in [0.5, 0.6) is 0 Å². The molecule has 0 fully saturated rings. The summed E-state index contributed by atoms with van der Waals surface area (Å²) in [6.45, 7) is 9.04. The molecule has 12 nitrogen and oxygen atoms in total. The molecule has 0 radical (unpaired) electrons. The van der Waals surface area contributed by atoms with Gasteiger partial charge in [-0.05, 0) is 41.5 Å². The zero-order valence-electron chi connectivity index (χ0n) is 16.6. The molecule has 1 rings (SSSR count). The number of carbonyl (C=O) groups is 2. The molecule has 0 aliphatic heterocycles. The lowest BCUT2D eigenvalue weighted by Gasteiger charge is -2.28. The first-order chi connectivity index (χ1) is 13.0. The van der Waals surface area contributed by atoms with Gasteiger partial charge in [0.15, 0.2) is 5.69 Å². The van der Waals surface area contributed by atoms with E-state index in [1.54, 1.807) is 0 Å². The Hall–Kier alpha value is -3.51. The van der Waals surface area contributed by atoms with Crippen molar-refractivity contribution >= 4 is 29.2 Å². The molecule has 0 atom stereocenters. The van der Waals surface area contributed by atoms with E-state index < -0.39 is 56.1 Å². The van der Waals surface area contributed by atoms with Crippen LogP contribution >= 0.6 is 0 Å². The number of hydrazine groups is 1. The van der Waals surface area contributed by atoms with Crippen molar-refractivity contribution in [2.45, 2.75) is 52.7 Å².